The van der Waals surface area contributed by atoms with Crippen molar-refractivity contribution in [1.82, 2.24) is 5.32 Å². The summed E-state index contributed by atoms with van der Waals surface area (Å²) in [5, 5.41) is 5.11. The fourth-order valence-corrected chi connectivity index (χ4v) is 2.70. The number of hydrogen-bond donors (Lipinski definition) is 1. The number of amides is 1. The molecular formula is C11H15Cl2NO2S. The second kappa shape index (κ2) is 7.21. The molecular weight excluding hydrogens is 281 g/mol. The molecule has 0 aliphatic carbocycles. The highest BCUT2D eigenvalue weighted by Crippen LogP contribution is 2.26. The summed E-state index contributed by atoms with van der Waals surface area (Å²) in [6.45, 7) is 2.88. The van der Waals surface area contributed by atoms with E-state index in [4.69, 9.17) is 27.9 Å². The van der Waals surface area contributed by atoms with E-state index in [9.17, 15) is 4.79 Å². The summed E-state index contributed by atoms with van der Waals surface area (Å²) in [7, 11) is 1.60. The van der Waals surface area contributed by atoms with Crippen molar-refractivity contribution in [3.05, 3.63) is 20.8 Å². The molecule has 0 saturated heterocycles. The summed E-state index contributed by atoms with van der Waals surface area (Å²) < 4.78 is 4.90. The maximum Gasteiger partial charge on any atom is 0.262 e. The number of halogens is 2. The van der Waals surface area contributed by atoms with Gasteiger partial charge in [0.05, 0.1) is 17.0 Å². The lowest BCUT2D eigenvalue weighted by atomic mass is 10.3. The van der Waals surface area contributed by atoms with Crippen LogP contribution in [0.25, 0.3) is 0 Å². The van der Waals surface area contributed by atoms with Crippen LogP contribution in [0.1, 0.15) is 21.7 Å². The highest BCUT2D eigenvalue weighted by molar-refractivity contribution is 7.13. The van der Waals surface area contributed by atoms with Gasteiger partial charge in [-0.05, 0) is 24.3 Å². The van der Waals surface area contributed by atoms with Gasteiger partial charge in [-0.2, -0.15) is 0 Å². The quantitative estimate of drug-likeness (QED) is 0.819. The van der Waals surface area contributed by atoms with E-state index in [0.29, 0.717) is 29.5 Å². The smallest absolute Gasteiger partial charge is 0.262 e. The Balaban J connectivity index is 2.38. The molecule has 0 aliphatic heterocycles. The van der Waals surface area contributed by atoms with Gasteiger partial charge in [0.15, 0.2) is 0 Å². The van der Waals surface area contributed by atoms with Crippen LogP contribution in [0, 0.1) is 6.92 Å². The van der Waals surface area contributed by atoms with Gasteiger partial charge >= 0.3 is 0 Å². The zero-order valence-corrected chi connectivity index (χ0v) is 12.1. The van der Waals surface area contributed by atoms with E-state index < -0.39 is 0 Å². The minimum absolute atomic E-state index is 0.0826. The van der Waals surface area contributed by atoms with Gasteiger partial charge in [-0.3, -0.25) is 4.79 Å². The average molecular weight is 296 g/mol. The molecule has 0 radical (unpaired) electrons. The summed E-state index contributed by atoms with van der Waals surface area (Å²) in [6, 6.07) is 0. The van der Waals surface area contributed by atoms with Crippen LogP contribution in [0.15, 0.2) is 5.38 Å². The van der Waals surface area contributed by atoms with Crippen molar-refractivity contribution in [2.45, 2.75) is 18.7 Å². The van der Waals surface area contributed by atoms with Crippen LogP contribution in [0.4, 0.5) is 0 Å². The van der Waals surface area contributed by atoms with Crippen LogP contribution in [0.3, 0.4) is 0 Å². The highest BCUT2D eigenvalue weighted by atomic mass is 35.5. The summed E-state index contributed by atoms with van der Waals surface area (Å²) in [5.41, 5.74) is 0.927. The molecule has 0 aromatic carbocycles. The summed E-state index contributed by atoms with van der Waals surface area (Å²) in [4.78, 5) is 12.3. The van der Waals surface area contributed by atoms with Gasteiger partial charge in [-0.25, -0.2) is 0 Å². The number of hydrogen-bond acceptors (Lipinski definition) is 3. The minimum Gasteiger partial charge on any atom is -0.383 e. The molecule has 1 rings (SSSR count). The molecule has 1 heterocycles. The second-order valence-electron chi connectivity index (χ2n) is 3.66. The third-order valence-electron chi connectivity index (χ3n) is 2.20. The Bertz CT molecular complexity index is 382. The van der Waals surface area contributed by atoms with Crippen molar-refractivity contribution < 1.29 is 9.53 Å². The molecule has 1 amide bonds. The van der Waals surface area contributed by atoms with Crippen LogP contribution >= 0.6 is 34.5 Å². The van der Waals surface area contributed by atoms with Crippen molar-refractivity contribution in [3.8, 4) is 0 Å². The topological polar surface area (TPSA) is 38.3 Å². The van der Waals surface area contributed by atoms with E-state index in [1.165, 1.54) is 11.3 Å². The van der Waals surface area contributed by atoms with Crippen LogP contribution in [-0.4, -0.2) is 31.5 Å². The van der Waals surface area contributed by atoms with Crippen molar-refractivity contribution in [2.24, 2.45) is 0 Å². The number of carbonyl (C=O) groups is 1. The highest BCUT2D eigenvalue weighted by Gasteiger charge is 2.14. The Hall–Kier alpha value is -0.290. The molecule has 0 bridgehead atoms. The first-order valence-electron chi connectivity index (χ1n) is 5.21. The Morgan fingerprint density at radius 3 is 2.88 bits per heavy atom. The first kappa shape index (κ1) is 14.8. The fourth-order valence-electron chi connectivity index (χ4n) is 1.27. The fraction of sp³-hybridized carbons (Fsp3) is 0.545. The van der Waals surface area contributed by atoms with Crippen LogP contribution < -0.4 is 5.32 Å². The molecule has 0 fully saturated rings. The van der Waals surface area contributed by atoms with E-state index in [1.54, 1.807) is 7.11 Å². The Morgan fingerprint density at radius 1 is 1.65 bits per heavy atom. The van der Waals surface area contributed by atoms with Crippen LogP contribution in [0.5, 0.6) is 0 Å². The van der Waals surface area contributed by atoms with E-state index in [0.717, 1.165) is 5.56 Å². The number of nitrogens with one attached hydrogen (secondary N) is 1. The Labute approximate surface area is 115 Å². The summed E-state index contributed by atoms with van der Waals surface area (Å²) in [5.74, 6) is -0.144. The minimum atomic E-state index is -0.144. The van der Waals surface area contributed by atoms with Gasteiger partial charge in [0.1, 0.15) is 4.88 Å². The standard InChI is InChI=1S/C11H15Cl2NO2S/c1-7-6-17-10(9(7)13)11(15)14-4-3-8(12)5-16-2/h6,8H,3-5H2,1-2H3,(H,14,15). The first-order valence-corrected chi connectivity index (χ1v) is 6.90. The molecule has 0 spiro atoms. The van der Waals surface area contributed by atoms with Gasteiger partial charge in [0.25, 0.3) is 5.91 Å². The Morgan fingerprint density at radius 2 is 2.35 bits per heavy atom. The maximum atomic E-state index is 11.8. The van der Waals surface area contributed by atoms with Gasteiger partial charge in [0, 0.05) is 13.7 Å². The molecule has 1 unspecified atom stereocenters. The number of aryl methyl sites for hydroxylation is 1. The predicted octanol–water partition coefficient (Wildman–Crippen LogP) is 3.08. The van der Waals surface area contributed by atoms with E-state index in [-0.39, 0.29) is 11.3 Å². The predicted molar refractivity (Wildman–Crippen MR) is 72.5 cm³/mol. The summed E-state index contributed by atoms with van der Waals surface area (Å²) in [6.07, 6.45) is 0.670. The first-order chi connectivity index (χ1) is 8.06. The Kier molecular flexibility index (Phi) is 6.27. The SMILES string of the molecule is COCC(Cl)CCNC(=O)c1scc(C)c1Cl. The number of thiophene rings is 1. The largest absolute Gasteiger partial charge is 0.383 e. The molecule has 3 nitrogen and oxygen atoms in total. The molecule has 1 aromatic heterocycles. The molecule has 0 aliphatic rings. The molecule has 1 aromatic rings. The number of ether oxygens (including phenoxy) is 1. The van der Waals surface area contributed by atoms with E-state index in [2.05, 4.69) is 5.32 Å². The van der Waals surface area contributed by atoms with Crippen LogP contribution in [0.2, 0.25) is 5.02 Å². The van der Waals surface area contributed by atoms with Gasteiger partial charge in [-0.1, -0.05) is 11.6 Å². The number of methoxy groups -OCH3 is 1. The van der Waals surface area contributed by atoms with E-state index >= 15 is 0 Å². The third-order valence-corrected chi connectivity index (χ3v) is 4.24. The lowest BCUT2D eigenvalue weighted by Crippen LogP contribution is -2.26. The van der Waals surface area contributed by atoms with Gasteiger partial charge in [0.2, 0.25) is 0 Å². The molecule has 17 heavy (non-hydrogen) atoms. The molecule has 1 atom stereocenters. The van der Waals surface area contributed by atoms with Crippen molar-refractivity contribution in [1.29, 1.82) is 0 Å². The lowest BCUT2D eigenvalue weighted by Gasteiger charge is -2.08. The number of carbonyl (C=O) groups excluding carboxylic acids is 1. The number of rotatable bonds is 6. The van der Waals surface area contributed by atoms with Crippen LogP contribution in [-0.2, 0) is 4.74 Å². The molecule has 6 heteroatoms. The summed E-state index contributed by atoms with van der Waals surface area (Å²) >= 11 is 13.3. The molecule has 0 saturated carbocycles. The van der Waals surface area contributed by atoms with Gasteiger partial charge < -0.3 is 10.1 Å². The third kappa shape index (κ3) is 4.47. The monoisotopic (exact) mass is 295 g/mol. The zero-order valence-electron chi connectivity index (χ0n) is 9.76. The average Bonchev–Trinajstić information content (AvgIpc) is 2.60. The molecule has 96 valence electrons. The van der Waals surface area contributed by atoms with Gasteiger partial charge in [-0.15, -0.1) is 22.9 Å². The lowest BCUT2D eigenvalue weighted by molar-refractivity contribution is 0.0956. The van der Waals surface area contributed by atoms with Crippen molar-refractivity contribution >= 4 is 40.4 Å². The number of alkyl halides is 1. The molecule has 1 N–H and O–H groups in total. The maximum absolute atomic E-state index is 11.8. The van der Waals surface area contributed by atoms with E-state index in [1.807, 2.05) is 12.3 Å². The zero-order chi connectivity index (χ0) is 12.8. The van der Waals surface area contributed by atoms with Crippen molar-refractivity contribution in [2.75, 3.05) is 20.3 Å². The van der Waals surface area contributed by atoms with Crippen molar-refractivity contribution in [3.63, 3.8) is 0 Å². The normalized spacial score (nSPS) is 12.5. The second-order valence-corrected chi connectivity index (χ2v) is 5.53.